The van der Waals surface area contributed by atoms with E-state index in [1.165, 1.54) is 19.1 Å². The van der Waals surface area contributed by atoms with Gasteiger partial charge in [0.05, 0.1) is 16.8 Å². The van der Waals surface area contributed by atoms with E-state index in [4.69, 9.17) is 21.1 Å². The fraction of sp³-hybridized carbons (Fsp3) is 0.381. The molecule has 0 radical (unpaired) electrons. The number of ether oxygens (including phenoxy) is 2. The molecule has 0 aliphatic heterocycles. The molecule has 1 aromatic carbocycles. The van der Waals surface area contributed by atoms with E-state index in [9.17, 15) is 32.3 Å². The molecule has 0 saturated carbocycles. The number of carbonyl (C=O) groups is 2. The van der Waals surface area contributed by atoms with E-state index >= 15 is 0 Å². The highest BCUT2D eigenvalue weighted by molar-refractivity contribution is 6.30. The van der Waals surface area contributed by atoms with E-state index in [0.29, 0.717) is 0 Å². The largest absolute Gasteiger partial charge is 0.484 e. The zero-order valence-corrected chi connectivity index (χ0v) is 18.7. The molecule has 8 nitrogen and oxygen atoms in total. The molecule has 13 heteroatoms. The van der Waals surface area contributed by atoms with E-state index in [1.54, 1.807) is 0 Å². The lowest BCUT2D eigenvalue weighted by Gasteiger charge is -2.23. The van der Waals surface area contributed by atoms with Crippen molar-refractivity contribution < 1.29 is 41.7 Å². The second kappa shape index (κ2) is 11.8. The first-order valence-electron chi connectivity index (χ1n) is 9.85. The van der Waals surface area contributed by atoms with Gasteiger partial charge in [0.25, 0.3) is 11.8 Å². The third kappa shape index (κ3) is 9.40. The van der Waals surface area contributed by atoms with E-state index in [-0.39, 0.29) is 42.6 Å². The first kappa shape index (κ1) is 27.1. The van der Waals surface area contributed by atoms with Gasteiger partial charge in [-0.3, -0.25) is 9.59 Å². The summed E-state index contributed by atoms with van der Waals surface area (Å²) >= 11 is 5.56. The van der Waals surface area contributed by atoms with E-state index in [0.717, 1.165) is 24.4 Å². The molecule has 186 valence electrons. The Hall–Kier alpha value is -3.12. The Labute approximate surface area is 197 Å². The van der Waals surface area contributed by atoms with Gasteiger partial charge in [-0.15, -0.1) is 0 Å². The van der Waals surface area contributed by atoms with Crippen LogP contribution in [0.25, 0.3) is 0 Å². The maximum Gasteiger partial charge on any atom is 0.433 e. The van der Waals surface area contributed by atoms with Gasteiger partial charge in [-0.2, -0.15) is 13.2 Å². The van der Waals surface area contributed by atoms with Gasteiger partial charge in [-0.25, -0.2) is 9.37 Å². The van der Waals surface area contributed by atoms with E-state index < -0.39 is 41.7 Å². The molecule has 0 fully saturated rings. The summed E-state index contributed by atoms with van der Waals surface area (Å²) in [4.78, 5) is 26.9. The summed E-state index contributed by atoms with van der Waals surface area (Å²) in [5.74, 6) is -1.71. The van der Waals surface area contributed by atoms with Crippen molar-refractivity contribution in [3.63, 3.8) is 0 Å². The molecule has 34 heavy (non-hydrogen) atoms. The van der Waals surface area contributed by atoms with E-state index in [1.807, 2.05) is 0 Å². The summed E-state index contributed by atoms with van der Waals surface area (Å²) in [5, 5.41) is 15.2. The molecular weight excluding hydrogens is 486 g/mol. The first-order chi connectivity index (χ1) is 15.9. The van der Waals surface area contributed by atoms with Crippen molar-refractivity contribution in [2.45, 2.75) is 25.1 Å². The zero-order valence-electron chi connectivity index (χ0n) is 17.9. The van der Waals surface area contributed by atoms with Gasteiger partial charge in [0.1, 0.15) is 23.0 Å². The van der Waals surface area contributed by atoms with Crippen LogP contribution in [0.4, 0.5) is 17.6 Å². The number of hydrogen-bond acceptors (Lipinski definition) is 6. The Balaban J connectivity index is 1.64. The van der Waals surface area contributed by atoms with Crippen LogP contribution in [0.5, 0.6) is 11.5 Å². The molecule has 2 aromatic rings. The third-order valence-corrected chi connectivity index (χ3v) is 4.62. The molecule has 0 aliphatic carbocycles. The van der Waals surface area contributed by atoms with Crippen LogP contribution in [0.3, 0.4) is 0 Å². The summed E-state index contributed by atoms with van der Waals surface area (Å²) in [6.07, 6.45) is -3.65. The van der Waals surface area contributed by atoms with Crippen LogP contribution < -0.4 is 20.1 Å². The summed E-state index contributed by atoms with van der Waals surface area (Å²) < 4.78 is 61.0. The predicted molar refractivity (Wildman–Crippen MR) is 113 cm³/mol. The van der Waals surface area contributed by atoms with Crippen molar-refractivity contribution in [3.05, 3.63) is 53.1 Å². The minimum absolute atomic E-state index is 0.0267. The number of halogens is 5. The van der Waals surface area contributed by atoms with Crippen LogP contribution in [0, 0.1) is 5.82 Å². The number of hydrogen-bond donors (Lipinski definition) is 3. The average Bonchev–Trinajstić information content (AvgIpc) is 2.76. The van der Waals surface area contributed by atoms with Gasteiger partial charge in [0.15, 0.2) is 13.2 Å². The Morgan fingerprint density at radius 1 is 1.06 bits per heavy atom. The van der Waals surface area contributed by atoms with Gasteiger partial charge >= 0.3 is 6.18 Å². The van der Waals surface area contributed by atoms with Crippen LogP contribution in [0.2, 0.25) is 5.02 Å². The average molecular weight is 508 g/mol. The number of amides is 2. The molecule has 0 saturated heterocycles. The molecular formula is C21H22ClF4N3O5. The summed E-state index contributed by atoms with van der Waals surface area (Å²) in [6, 6.07) is 5.51. The standard InChI is InChI=1S/C21H22ClF4N3O5/c1-20(32,6-7-27-18(30)10-33-13-2-4-15(22)16(23)8-13)12-29-19(31)11-34-14-3-5-17(28-9-14)21(24,25)26/h2-5,8-9,32H,6-7,10-12H2,1H3,(H,27,30)(H,29,31). The minimum Gasteiger partial charge on any atom is -0.484 e. The number of nitrogens with one attached hydrogen (secondary N) is 2. The molecule has 1 aromatic heterocycles. The Morgan fingerprint density at radius 2 is 1.68 bits per heavy atom. The molecule has 2 amide bonds. The maximum absolute atomic E-state index is 13.3. The fourth-order valence-corrected chi connectivity index (χ4v) is 2.57. The van der Waals surface area contributed by atoms with Gasteiger partial charge in [-0.1, -0.05) is 11.6 Å². The van der Waals surface area contributed by atoms with Crippen LogP contribution in [0.1, 0.15) is 19.0 Å². The SMILES string of the molecule is CC(O)(CCNC(=O)COc1ccc(Cl)c(F)c1)CNC(=O)COc1ccc(C(F)(F)F)nc1. The highest BCUT2D eigenvalue weighted by Crippen LogP contribution is 2.28. The summed E-state index contributed by atoms with van der Waals surface area (Å²) in [5.41, 5.74) is -2.46. The molecule has 0 aliphatic rings. The molecule has 1 heterocycles. The topological polar surface area (TPSA) is 110 Å². The number of rotatable bonds is 11. The van der Waals surface area contributed by atoms with Gasteiger partial charge < -0.3 is 25.2 Å². The number of alkyl halides is 3. The van der Waals surface area contributed by atoms with Crippen molar-refractivity contribution >= 4 is 23.4 Å². The van der Waals surface area contributed by atoms with Gasteiger partial charge in [0.2, 0.25) is 0 Å². The normalized spacial score (nSPS) is 13.0. The van der Waals surface area contributed by atoms with Crippen LogP contribution in [-0.4, -0.2) is 53.8 Å². The first-order valence-corrected chi connectivity index (χ1v) is 10.2. The van der Waals surface area contributed by atoms with Crippen molar-refractivity contribution in [3.8, 4) is 11.5 Å². The minimum atomic E-state index is -4.58. The van der Waals surface area contributed by atoms with Crippen molar-refractivity contribution in [1.82, 2.24) is 15.6 Å². The summed E-state index contributed by atoms with van der Waals surface area (Å²) in [7, 11) is 0. The molecule has 2 rings (SSSR count). The zero-order chi connectivity index (χ0) is 25.4. The van der Waals surface area contributed by atoms with Crippen LogP contribution in [0.15, 0.2) is 36.5 Å². The van der Waals surface area contributed by atoms with Gasteiger partial charge in [0, 0.05) is 19.2 Å². The number of nitrogens with zero attached hydrogens (tertiary/aromatic N) is 1. The molecule has 0 bridgehead atoms. The Kier molecular flexibility index (Phi) is 9.45. The molecule has 3 N–H and O–H groups in total. The molecule has 1 atom stereocenters. The van der Waals surface area contributed by atoms with Crippen molar-refractivity contribution in [1.29, 1.82) is 0 Å². The van der Waals surface area contributed by atoms with Crippen molar-refractivity contribution in [2.24, 2.45) is 0 Å². The summed E-state index contributed by atoms with van der Waals surface area (Å²) in [6.45, 7) is 0.455. The fourth-order valence-electron chi connectivity index (χ4n) is 2.45. The number of benzene rings is 1. The van der Waals surface area contributed by atoms with E-state index in [2.05, 4.69) is 15.6 Å². The lowest BCUT2D eigenvalue weighted by Crippen LogP contribution is -2.44. The van der Waals surface area contributed by atoms with Crippen molar-refractivity contribution in [2.75, 3.05) is 26.3 Å². The monoisotopic (exact) mass is 507 g/mol. The number of pyridine rings is 1. The quantitative estimate of drug-likeness (QED) is 0.404. The number of carbonyl (C=O) groups excluding carboxylic acids is 2. The van der Waals surface area contributed by atoms with Gasteiger partial charge in [-0.05, 0) is 37.6 Å². The number of aromatic nitrogens is 1. The smallest absolute Gasteiger partial charge is 0.433 e. The second-order valence-corrected chi connectivity index (χ2v) is 7.81. The van der Waals surface area contributed by atoms with Crippen LogP contribution in [-0.2, 0) is 15.8 Å². The molecule has 0 spiro atoms. The second-order valence-electron chi connectivity index (χ2n) is 7.40. The Bertz CT molecular complexity index is 987. The Morgan fingerprint density at radius 3 is 2.26 bits per heavy atom. The lowest BCUT2D eigenvalue weighted by molar-refractivity contribution is -0.141. The molecule has 1 unspecified atom stereocenters. The lowest BCUT2D eigenvalue weighted by atomic mass is 10.0. The highest BCUT2D eigenvalue weighted by Gasteiger charge is 2.32. The third-order valence-electron chi connectivity index (χ3n) is 4.31. The predicted octanol–water partition coefficient (Wildman–Crippen LogP) is 2.72. The highest BCUT2D eigenvalue weighted by atomic mass is 35.5. The van der Waals surface area contributed by atoms with Crippen LogP contribution >= 0.6 is 11.6 Å². The maximum atomic E-state index is 13.3. The number of aliphatic hydroxyl groups is 1.